The fourth-order valence-corrected chi connectivity index (χ4v) is 4.18. The zero-order chi connectivity index (χ0) is 25.6. The van der Waals surface area contributed by atoms with Crippen molar-refractivity contribution in [2.75, 3.05) is 6.54 Å². The molecule has 0 bridgehead atoms. The first-order chi connectivity index (χ1) is 16.5. The number of ether oxygens (including phenoxy) is 1. The van der Waals surface area contributed by atoms with Crippen LogP contribution < -0.4 is 10.6 Å². The minimum atomic E-state index is -4.96. The van der Waals surface area contributed by atoms with Gasteiger partial charge in [0.1, 0.15) is 0 Å². The Morgan fingerprint density at radius 3 is 2.03 bits per heavy atom. The average Bonchev–Trinajstić information content (AvgIpc) is 2.81. The zero-order valence-electron chi connectivity index (χ0n) is 18.3. The number of benzene rings is 2. The van der Waals surface area contributed by atoms with Gasteiger partial charge < -0.3 is 15.4 Å². The number of nitrogens with one attached hydrogen (secondary N) is 2. The van der Waals surface area contributed by atoms with Crippen LogP contribution in [0.2, 0.25) is 0 Å². The summed E-state index contributed by atoms with van der Waals surface area (Å²) in [4.78, 5) is 23.9. The molecule has 0 saturated carbocycles. The molecule has 0 unspecified atom stereocenters. The maximum atomic E-state index is 13.2. The van der Waals surface area contributed by atoms with E-state index in [0.717, 1.165) is 5.56 Å². The van der Waals surface area contributed by atoms with Crippen LogP contribution in [-0.4, -0.2) is 36.7 Å². The molecule has 1 aliphatic rings. The second kappa shape index (κ2) is 11.1. The Balaban J connectivity index is 1.92. The Morgan fingerprint density at radius 2 is 1.51 bits per heavy atom. The van der Waals surface area contributed by atoms with Crippen molar-refractivity contribution < 1.29 is 40.7 Å². The number of piperidine rings is 1. The molecule has 2 aromatic carbocycles. The van der Waals surface area contributed by atoms with Crippen LogP contribution in [0.1, 0.15) is 41.1 Å². The van der Waals surface area contributed by atoms with E-state index in [1.54, 1.807) is 35.2 Å². The third-order valence-corrected chi connectivity index (χ3v) is 5.65. The topological polar surface area (TPSA) is 70.7 Å². The van der Waals surface area contributed by atoms with Crippen molar-refractivity contribution in [3.8, 4) is 0 Å². The smallest absolute Gasteiger partial charge is 0.372 e. The number of amides is 2. The van der Waals surface area contributed by atoms with Gasteiger partial charge >= 0.3 is 12.4 Å². The molecule has 2 N–H and O–H groups in total. The summed E-state index contributed by atoms with van der Waals surface area (Å²) in [5.41, 5.74) is -2.37. The normalized spacial score (nSPS) is 19.4. The van der Waals surface area contributed by atoms with E-state index in [2.05, 4.69) is 10.6 Å². The van der Waals surface area contributed by atoms with Gasteiger partial charge in [-0.2, -0.15) is 26.3 Å². The molecule has 0 radical (unpaired) electrons. The molecule has 35 heavy (non-hydrogen) atoms. The number of rotatable bonds is 9. The molecule has 1 fully saturated rings. The Hall–Kier alpha value is -3.12. The third kappa shape index (κ3) is 6.73. The lowest BCUT2D eigenvalue weighted by Gasteiger charge is -2.44. The van der Waals surface area contributed by atoms with E-state index in [0.29, 0.717) is 44.3 Å². The van der Waals surface area contributed by atoms with Crippen LogP contribution in [0.5, 0.6) is 0 Å². The molecule has 0 aliphatic carbocycles. The number of alkyl halides is 6. The molecule has 1 saturated heterocycles. The van der Waals surface area contributed by atoms with E-state index in [9.17, 15) is 35.9 Å². The van der Waals surface area contributed by atoms with E-state index < -0.39 is 48.5 Å². The first-order valence-corrected chi connectivity index (χ1v) is 10.6. The standard InChI is InChI=1S/C23H23F6N3O3/c24-22(25,26)17-9-15(10-18(11-17)23(27,28)29)12-35-19-7-4-8-32(21(30-13-33)31-14-34)20(19)16-5-2-1-3-6-16/h1-3,5-6,9-11,13-14,19-21H,4,7-8,12H2,(H,30,33)(H,31,34)/t19-,20-/m0/s1. The van der Waals surface area contributed by atoms with Crippen molar-refractivity contribution in [1.29, 1.82) is 0 Å². The van der Waals surface area contributed by atoms with Crippen molar-refractivity contribution in [3.63, 3.8) is 0 Å². The molecule has 2 amide bonds. The lowest BCUT2D eigenvalue weighted by Crippen LogP contribution is -2.59. The molecule has 3 rings (SSSR count). The van der Waals surface area contributed by atoms with Gasteiger partial charge in [-0.1, -0.05) is 30.3 Å². The van der Waals surface area contributed by atoms with Gasteiger partial charge in [-0.05, 0) is 42.2 Å². The molecular weight excluding hydrogens is 480 g/mol. The van der Waals surface area contributed by atoms with E-state index in [1.807, 2.05) is 0 Å². The predicted octanol–water partition coefficient (Wildman–Crippen LogP) is 4.22. The van der Waals surface area contributed by atoms with E-state index >= 15 is 0 Å². The predicted molar refractivity (Wildman–Crippen MR) is 112 cm³/mol. The average molecular weight is 503 g/mol. The van der Waals surface area contributed by atoms with Gasteiger partial charge in [0.2, 0.25) is 12.8 Å². The minimum Gasteiger partial charge on any atom is -0.372 e. The van der Waals surface area contributed by atoms with Crippen LogP contribution >= 0.6 is 0 Å². The molecule has 0 spiro atoms. The maximum Gasteiger partial charge on any atom is 0.416 e. The van der Waals surface area contributed by atoms with Crippen molar-refractivity contribution in [2.24, 2.45) is 0 Å². The molecule has 190 valence electrons. The van der Waals surface area contributed by atoms with Crippen LogP contribution in [-0.2, 0) is 33.3 Å². The second-order valence-corrected chi connectivity index (χ2v) is 7.97. The van der Waals surface area contributed by atoms with Gasteiger partial charge in [0, 0.05) is 6.54 Å². The fraction of sp³-hybridized carbons (Fsp3) is 0.391. The molecule has 1 heterocycles. The molecule has 2 aromatic rings. The van der Waals surface area contributed by atoms with Gasteiger partial charge in [-0.15, -0.1) is 0 Å². The van der Waals surface area contributed by atoms with Gasteiger partial charge in [-0.3, -0.25) is 14.5 Å². The molecule has 0 aromatic heterocycles. The number of likely N-dealkylation sites (tertiary alicyclic amines) is 1. The second-order valence-electron chi connectivity index (χ2n) is 7.97. The van der Waals surface area contributed by atoms with Crippen LogP contribution in [0.25, 0.3) is 0 Å². The van der Waals surface area contributed by atoms with E-state index in [-0.39, 0.29) is 11.6 Å². The van der Waals surface area contributed by atoms with Crippen LogP contribution in [0.3, 0.4) is 0 Å². The number of halogens is 6. The summed E-state index contributed by atoms with van der Waals surface area (Å²) in [6.45, 7) is -0.0602. The van der Waals surface area contributed by atoms with Gasteiger partial charge in [-0.25, -0.2) is 0 Å². The molecule has 12 heteroatoms. The highest BCUT2D eigenvalue weighted by atomic mass is 19.4. The SMILES string of the molecule is O=CNC(NC=O)N1CCC[C@H](OCc2cc(C(F)(F)F)cc(C(F)(F)F)c2)[C@@H]1c1ccccc1. The summed E-state index contributed by atoms with van der Waals surface area (Å²) >= 11 is 0. The number of carbonyl (C=O) groups excluding carboxylic acids is 2. The Labute approximate surface area is 197 Å². The van der Waals surface area contributed by atoms with Crippen molar-refractivity contribution in [3.05, 3.63) is 70.8 Å². The van der Waals surface area contributed by atoms with E-state index in [1.165, 1.54) is 0 Å². The summed E-state index contributed by atoms with van der Waals surface area (Å²) < 4.78 is 85.2. The minimum absolute atomic E-state index is 0.0689. The number of hydrogen-bond donors (Lipinski definition) is 2. The Morgan fingerprint density at radius 1 is 0.943 bits per heavy atom. The highest BCUT2D eigenvalue weighted by Gasteiger charge is 2.39. The summed E-state index contributed by atoms with van der Waals surface area (Å²) in [5, 5.41) is 4.99. The van der Waals surface area contributed by atoms with Gasteiger partial charge in [0.15, 0.2) is 6.29 Å². The first-order valence-electron chi connectivity index (χ1n) is 10.6. The Kier molecular flexibility index (Phi) is 8.39. The van der Waals surface area contributed by atoms with Crippen LogP contribution in [0.4, 0.5) is 26.3 Å². The number of carbonyl (C=O) groups is 2. The van der Waals surface area contributed by atoms with E-state index in [4.69, 9.17) is 4.74 Å². The summed E-state index contributed by atoms with van der Waals surface area (Å²) in [5.74, 6) is 0. The summed E-state index contributed by atoms with van der Waals surface area (Å²) in [6.07, 6.45) is -9.65. The largest absolute Gasteiger partial charge is 0.416 e. The summed E-state index contributed by atoms with van der Waals surface area (Å²) in [7, 11) is 0. The van der Waals surface area contributed by atoms with Gasteiger partial charge in [0.25, 0.3) is 0 Å². The Bertz CT molecular complexity index is 958. The van der Waals surface area contributed by atoms with Crippen molar-refractivity contribution in [2.45, 2.75) is 50.2 Å². The molecule has 1 aliphatic heterocycles. The zero-order valence-corrected chi connectivity index (χ0v) is 18.3. The van der Waals surface area contributed by atoms with Crippen molar-refractivity contribution >= 4 is 12.8 Å². The fourth-order valence-electron chi connectivity index (χ4n) is 4.18. The lowest BCUT2D eigenvalue weighted by atomic mass is 9.92. The maximum absolute atomic E-state index is 13.2. The quantitative estimate of drug-likeness (QED) is 0.306. The van der Waals surface area contributed by atoms with Gasteiger partial charge in [0.05, 0.1) is 29.9 Å². The highest BCUT2D eigenvalue weighted by molar-refractivity contribution is 5.50. The highest BCUT2D eigenvalue weighted by Crippen LogP contribution is 2.38. The monoisotopic (exact) mass is 503 g/mol. The molecule has 2 atom stereocenters. The van der Waals surface area contributed by atoms with Crippen LogP contribution in [0, 0.1) is 0 Å². The number of nitrogens with zero attached hydrogens (tertiary/aromatic N) is 1. The molecule has 6 nitrogen and oxygen atoms in total. The first kappa shape index (κ1) is 26.5. The summed E-state index contributed by atoms with van der Waals surface area (Å²) in [6, 6.07) is 9.65. The third-order valence-electron chi connectivity index (χ3n) is 5.65. The molecular formula is C23H23F6N3O3. The lowest BCUT2D eigenvalue weighted by molar-refractivity contribution is -0.143. The van der Waals surface area contributed by atoms with Crippen LogP contribution in [0.15, 0.2) is 48.5 Å². The number of hydrogen-bond acceptors (Lipinski definition) is 4. The van der Waals surface area contributed by atoms with Crippen molar-refractivity contribution in [1.82, 2.24) is 15.5 Å².